The van der Waals surface area contributed by atoms with E-state index >= 15 is 0 Å². The summed E-state index contributed by atoms with van der Waals surface area (Å²) in [5.41, 5.74) is 0. The molecule has 0 radical (unpaired) electrons. The van der Waals surface area contributed by atoms with E-state index in [1.54, 1.807) is 0 Å². The first kappa shape index (κ1) is 19.3. The molecule has 0 unspecified atom stereocenters. The van der Waals surface area contributed by atoms with E-state index in [9.17, 15) is 9.59 Å². The van der Waals surface area contributed by atoms with Gasteiger partial charge in [-0.15, -0.1) is 6.42 Å². The minimum atomic E-state index is -0.624. The predicted octanol–water partition coefficient (Wildman–Crippen LogP) is 2.98. The third kappa shape index (κ3) is 11.8. The van der Waals surface area contributed by atoms with Crippen LogP contribution in [0.4, 0.5) is 4.79 Å². The highest BCUT2D eigenvalue weighted by molar-refractivity contribution is 5.77. The molecule has 120 valence electrons. The molecule has 0 rings (SSSR count). The van der Waals surface area contributed by atoms with Gasteiger partial charge in [-0.05, 0) is 6.42 Å². The van der Waals surface area contributed by atoms with Crippen molar-refractivity contribution in [3.63, 3.8) is 0 Å². The molecular formula is C16H27NO4. The SMILES string of the molecule is C#CCOC(=O)N(C)CC(=O)OCCCCCCCCC. The highest BCUT2D eigenvalue weighted by atomic mass is 16.6. The maximum atomic E-state index is 11.5. The normalized spacial score (nSPS) is 9.76. The lowest BCUT2D eigenvalue weighted by Crippen LogP contribution is -2.33. The van der Waals surface area contributed by atoms with Crippen molar-refractivity contribution in [1.29, 1.82) is 0 Å². The topological polar surface area (TPSA) is 55.8 Å². The van der Waals surface area contributed by atoms with Crippen molar-refractivity contribution in [3.05, 3.63) is 0 Å². The highest BCUT2D eigenvalue weighted by Gasteiger charge is 2.14. The molecule has 0 saturated carbocycles. The summed E-state index contributed by atoms with van der Waals surface area (Å²) in [6.45, 7) is 2.37. The van der Waals surface area contributed by atoms with Gasteiger partial charge in [0.2, 0.25) is 0 Å². The molecule has 0 atom stereocenters. The molecule has 0 N–H and O–H groups in total. The van der Waals surface area contributed by atoms with Crippen LogP contribution in [-0.4, -0.2) is 43.8 Å². The van der Waals surface area contributed by atoms with Crippen molar-refractivity contribution in [2.45, 2.75) is 51.9 Å². The number of hydrogen-bond acceptors (Lipinski definition) is 4. The molecule has 0 fully saturated rings. The maximum Gasteiger partial charge on any atom is 0.410 e. The number of hydrogen-bond donors (Lipinski definition) is 0. The summed E-state index contributed by atoms with van der Waals surface area (Å²) in [6.07, 6.45) is 12.5. The second-order valence-corrected chi connectivity index (χ2v) is 4.96. The number of likely N-dealkylation sites (N-methyl/N-ethyl adjacent to an activating group) is 1. The van der Waals surface area contributed by atoms with E-state index in [4.69, 9.17) is 11.2 Å². The molecule has 0 heterocycles. The molecule has 0 aliphatic carbocycles. The number of amides is 1. The van der Waals surface area contributed by atoms with E-state index in [1.165, 1.54) is 39.2 Å². The van der Waals surface area contributed by atoms with Crippen LogP contribution in [0.2, 0.25) is 0 Å². The smallest absolute Gasteiger partial charge is 0.410 e. The second kappa shape index (κ2) is 13.3. The third-order valence-electron chi connectivity index (χ3n) is 2.97. The molecule has 0 aliphatic heterocycles. The Bertz CT molecular complexity index is 336. The zero-order valence-corrected chi connectivity index (χ0v) is 13.2. The Kier molecular flexibility index (Phi) is 12.2. The lowest BCUT2D eigenvalue weighted by atomic mass is 10.1. The number of terminal acetylenes is 1. The number of carbonyl (C=O) groups excluding carboxylic acids is 2. The van der Waals surface area contributed by atoms with E-state index in [-0.39, 0.29) is 13.2 Å². The van der Waals surface area contributed by atoms with Crippen LogP contribution in [0.5, 0.6) is 0 Å². The number of carbonyl (C=O) groups is 2. The van der Waals surface area contributed by atoms with Crippen molar-refractivity contribution in [1.82, 2.24) is 4.90 Å². The minimum Gasteiger partial charge on any atom is -0.464 e. The van der Waals surface area contributed by atoms with E-state index < -0.39 is 12.1 Å². The molecular weight excluding hydrogens is 270 g/mol. The Morgan fingerprint density at radius 1 is 1.05 bits per heavy atom. The van der Waals surface area contributed by atoms with Gasteiger partial charge in [-0.1, -0.05) is 51.4 Å². The maximum absolute atomic E-state index is 11.5. The lowest BCUT2D eigenvalue weighted by Gasteiger charge is -2.15. The quantitative estimate of drug-likeness (QED) is 0.334. The fourth-order valence-corrected chi connectivity index (χ4v) is 1.76. The molecule has 5 heteroatoms. The van der Waals surface area contributed by atoms with Gasteiger partial charge in [-0.3, -0.25) is 4.79 Å². The van der Waals surface area contributed by atoms with E-state index in [2.05, 4.69) is 17.6 Å². The molecule has 0 bridgehead atoms. The van der Waals surface area contributed by atoms with Gasteiger partial charge >= 0.3 is 12.1 Å². The summed E-state index contributed by atoms with van der Waals surface area (Å²) in [4.78, 5) is 24.0. The summed E-state index contributed by atoms with van der Waals surface area (Å²) in [6, 6.07) is 0. The van der Waals surface area contributed by atoms with Crippen molar-refractivity contribution < 1.29 is 19.1 Å². The first-order chi connectivity index (χ1) is 10.1. The predicted molar refractivity (Wildman–Crippen MR) is 81.8 cm³/mol. The van der Waals surface area contributed by atoms with Crippen LogP contribution in [0.15, 0.2) is 0 Å². The number of nitrogens with zero attached hydrogens (tertiary/aromatic N) is 1. The van der Waals surface area contributed by atoms with Crippen molar-refractivity contribution in [2.24, 2.45) is 0 Å². The highest BCUT2D eigenvalue weighted by Crippen LogP contribution is 2.06. The fraction of sp³-hybridized carbons (Fsp3) is 0.750. The van der Waals surface area contributed by atoms with Crippen LogP contribution in [0, 0.1) is 12.3 Å². The van der Waals surface area contributed by atoms with Crippen LogP contribution >= 0.6 is 0 Å². The largest absolute Gasteiger partial charge is 0.464 e. The molecule has 0 aromatic carbocycles. The van der Waals surface area contributed by atoms with Gasteiger partial charge in [0, 0.05) is 7.05 Å². The first-order valence-corrected chi connectivity index (χ1v) is 7.58. The van der Waals surface area contributed by atoms with Crippen LogP contribution in [0.1, 0.15) is 51.9 Å². The number of esters is 1. The van der Waals surface area contributed by atoms with Gasteiger partial charge in [0.25, 0.3) is 0 Å². The minimum absolute atomic E-state index is 0.101. The van der Waals surface area contributed by atoms with Gasteiger partial charge in [0.15, 0.2) is 6.61 Å². The molecule has 0 aromatic heterocycles. The monoisotopic (exact) mass is 297 g/mol. The van der Waals surface area contributed by atoms with E-state index in [0.717, 1.165) is 17.7 Å². The van der Waals surface area contributed by atoms with Crippen LogP contribution in [0.3, 0.4) is 0 Å². The Morgan fingerprint density at radius 3 is 2.29 bits per heavy atom. The summed E-state index contributed by atoms with van der Waals surface area (Å²) in [5.74, 6) is 1.76. The second-order valence-electron chi connectivity index (χ2n) is 4.96. The Labute approximate surface area is 128 Å². The summed E-state index contributed by atoms with van der Waals surface area (Å²) >= 11 is 0. The molecule has 0 saturated heterocycles. The molecule has 0 aromatic rings. The Balaban J connectivity index is 3.53. The van der Waals surface area contributed by atoms with Crippen molar-refractivity contribution in [2.75, 3.05) is 26.8 Å². The van der Waals surface area contributed by atoms with E-state index in [0.29, 0.717) is 6.61 Å². The first-order valence-electron chi connectivity index (χ1n) is 7.58. The van der Waals surface area contributed by atoms with Crippen LogP contribution in [-0.2, 0) is 14.3 Å². The molecule has 0 aliphatic rings. The van der Waals surface area contributed by atoms with Gasteiger partial charge < -0.3 is 14.4 Å². The van der Waals surface area contributed by atoms with Gasteiger partial charge in [0.1, 0.15) is 6.54 Å². The van der Waals surface area contributed by atoms with E-state index in [1.807, 2.05) is 0 Å². The summed E-state index contributed by atoms with van der Waals surface area (Å²) in [5, 5.41) is 0. The average Bonchev–Trinajstić information content (AvgIpc) is 2.47. The zero-order chi connectivity index (χ0) is 15.9. The molecule has 21 heavy (non-hydrogen) atoms. The Morgan fingerprint density at radius 2 is 1.67 bits per heavy atom. The number of rotatable bonds is 11. The summed E-state index contributed by atoms with van der Waals surface area (Å²) in [7, 11) is 1.47. The standard InChI is InChI=1S/C16H27NO4/c1-4-6-7-8-9-10-11-13-20-15(18)14-17(3)16(19)21-12-5-2/h2H,4,6-14H2,1,3H3. The molecule has 5 nitrogen and oxygen atoms in total. The Hall–Kier alpha value is -1.70. The number of ether oxygens (including phenoxy) is 2. The summed E-state index contributed by atoms with van der Waals surface area (Å²) < 4.78 is 9.75. The van der Waals surface area contributed by atoms with Gasteiger partial charge in [-0.25, -0.2) is 4.79 Å². The average molecular weight is 297 g/mol. The van der Waals surface area contributed by atoms with Gasteiger partial charge in [-0.2, -0.15) is 0 Å². The van der Waals surface area contributed by atoms with Crippen LogP contribution in [0.25, 0.3) is 0 Å². The molecule has 1 amide bonds. The number of unbranched alkanes of at least 4 members (excludes halogenated alkanes) is 6. The van der Waals surface area contributed by atoms with Gasteiger partial charge in [0.05, 0.1) is 6.61 Å². The van der Waals surface area contributed by atoms with Crippen LogP contribution < -0.4 is 0 Å². The molecule has 0 spiro atoms. The lowest BCUT2D eigenvalue weighted by molar-refractivity contribution is -0.144. The fourth-order valence-electron chi connectivity index (χ4n) is 1.76. The zero-order valence-electron chi connectivity index (χ0n) is 13.2. The van der Waals surface area contributed by atoms with Crippen molar-refractivity contribution >= 4 is 12.1 Å². The third-order valence-corrected chi connectivity index (χ3v) is 2.97. The van der Waals surface area contributed by atoms with Crippen molar-refractivity contribution in [3.8, 4) is 12.3 Å².